The Labute approximate surface area is 116 Å². The first-order valence-electron chi connectivity index (χ1n) is 7.03. The Bertz CT molecular complexity index is 385. The molecule has 18 heavy (non-hydrogen) atoms. The van der Waals surface area contributed by atoms with Crippen LogP contribution in [0.5, 0.6) is 0 Å². The zero-order valence-corrected chi connectivity index (χ0v) is 12.6. The van der Waals surface area contributed by atoms with E-state index >= 15 is 0 Å². The topological polar surface area (TPSA) is 26.0 Å². The van der Waals surface area contributed by atoms with Crippen molar-refractivity contribution in [2.24, 2.45) is 5.73 Å². The van der Waals surface area contributed by atoms with Crippen LogP contribution in [0.25, 0.3) is 0 Å². The summed E-state index contributed by atoms with van der Waals surface area (Å²) in [5.41, 5.74) is 11.8. The quantitative estimate of drug-likeness (QED) is 0.877. The molecule has 2 heteroatoms. The summed E-state index contributed by atoms with van der Waals surface area (Å²) in [6.45, 7) is 6.54. The molecule has 0 bridgehead atoms. The van der Waals surface area contributed by atoms with E-state index < -0.39 is 0 Å². The number of benzene rings is 1. The van der Waals surface area contributed by atoms with Crippen molar-refractivity contribution in [3.05, 3.63) is 34.4 Å². The van der Waals surface area contributed by atoms with E-state index in [9.17, 15) is 0 Å². The third kappa shape index (κ3) is 3.30. The van der Waals surface area contributed by atoms with E-state index in [4.69, 9.17) is 5.73 Å². The minimum absolute atomic E-state index is 0.191. The fourth-order valence-corrected chi connectivity index (χ4v) is 4.47. The highest BCUT2D eigenvalue weighted by atomic mass is 32.2. The van der Waals surface area contributed by atoms with Gasteiger partial charge in [-0.2, -0.15) is 11.8 Å². The molecule has 1 aliphatic rings. The molecule has 0 heterocycles. The van der Waals surface area contributed by atoms with Crippen molar-refractivity contribution in [1.82, 2.24) is 0 Å². The molecule has 1 unspecified atom stereocenters. The van der Waals surface area contributed by atoms with Gasteiger partial charge in [0.2, 0.25) is 0 Å². The molecule has 1 atom stereocenters. The molecule has 1 saturated carbocycles. The first kappa shape index (κ1) is 14.0. The van der Waals surface area contributed by atoms with Gasteiger partial charge in [-0.25, -0.2) is 0 Å². The number of aryl methyl sites for hydroxylation is 3. The summed E-state index contributed by atoms with van der Waals surface area (Å²) >= 11 is 2.08. The molecule has 1 nitrogen and oxygen atoms in total. The molecule has 0 aliphatic heterocycles. The number of hydrogen-bond donors (Lipinski definition) is 1. The predicted octanol–water partition coefficient (Wildman–Crippen LogP) is 4.29. The molecule has 0 radical (unpaired) electrons. The number of hydrogen-bond acceptors (Lipinski definition) is 2. The molecule has 0 saturated heterocycles. The summed E-state index contributed by atoms with van der Waals surface area (Å²) in [4.78, 5) is 0. The van der Waals surface area contributed by atoms with E-state index in [2.05, 4.69) is 44.7 Å². The van der Waals surface area contributed by atoms with Gasteiger partial charge < -0.3 is 5.73 Å². The molecule has 100 valence electrons. The molecule has 1 aromatic rings. The van der Waals surface area contributed by atoms with Crippen LogP contribution in [0.4, 0.5) is 0 Å². The maximum atomic E-state index is 6.40. The molecule has 2 N–H and O–H groups in total. The highest BCUT2D eigenvalue weighted by Gasteiger charge is 2.18. The Balaban J connectivity index is 2.01. The second kappa shape index (κ2) is 6.12. The maximum absolute atomic E-state index is 6.40. The van der Waals surface area contributed by atoms with Crippen molar-refractivity contribution >= 4 is 11.8 Å². The standard InChI is InChI=1S/C16H25NS/c1-11-8-12(2)16(13(3)9-11)15(17)10-18-14-6-4-5-7-14/h8-9,14-15H,4-7,10,17H2,1-3H3. The summed E-state index contributed by atoms with van der Waals surface area (Å²) in [5, 5.41) is 0.863. The van der Waals surface area contributed by atoms with E-state index in [0.717, 1.165) is 11.0 Å². The van der Waals surface area contributed by atoms with Crippen LogP contribution in [0.1, 0.15) is 54.0 Å². The predicted molar refractivity (Wildman–Crippen MR) is 82.3 cm³/mol. The van der Waals surface area contributed by atoms with E-state index in [-0.39, 0.29) is 6.04 Å². The van der Waals surface area contributed by atoms with Gasteiger partial charge in [0.15, 0.2) is 0 Å². The number of rotatable bonds is 4. The highest BCUT2D eigenvalue weighted by Crippen LogP contribution is 2.32. The maximum Gasteiger partial charge on any atom is 0.0392 e. The van der Waals surface area contributed by atoms with Crippen molar-refractivity contribution in [2.45, 2.75) is 57.7 Å². The van der Waals surface area contributed by atoms with Gasteiger partial charge in [0.05, 0.1) is 0 Å². The van der Waals surface area contributed by atoms with Crippen molar-refractivity contribution in [3.63, 3.8) is 0 Å². The first-order chi connectivity index (χ1) is 8.58. The number of thioether (sulfide) groups is 1. The summed E-state index contributed by atoms with van der Waals surface area (Å²) in [5.74, 6) is 1.06. The van der Waals surface area contributed by atoms with E-state index in [1.54, 1.807) is 0 Å². The summed E-state index contributed by atoms with van der Waals surface area (Å²) < 4.78 is 0. The molecular weight excluding hydrogens is 238 g/mol. The van der Waals surface area contributed by atoms with Gasteiger partial charge in [0.25, 0.3) is 0 Å². The third-order valence-corrected chi connectivity index (χ3v) is 5.42. The van der Waals surface area contributed by atoms with Crippen LogP contribution in [0.2, 0.25) is 0 Å². The zero-order chi connectivity index (χ0) is 13.1. The summed E-state index contributed by atoms with van der Waals surface area (Å²) in [6.07, 6.45) is 5.61. The van der Waals surface area contributed by atoms with E-state index in [1.165, 1.54) is 47.9 Å². The van der Waals surface area contributed by atoms with Crippen LogP contribution in [-0.2, 0) is 0 Å². The molecule has 2 rings (SSSR count). The minimum Gasteiger partial charge on any atom is -0.323 e. The molecule has 0 aromatic heterocycles. The average molecular weight is 263 g/mol. The molecule has 1 fully saturated rings. The second-order valence-electron chi connectivity index (χ2n) is 5.66. The Morgan fingerprint density at radius 3 is 2.28 bits per heavy atom. The van der Waals surface area contributed by atoms with Gasteiger partial charge in [-0.3, -0.25) is 0 Å². The van der Waals surface area contributed by atoms with Crippen LogP contribution < -0.4 is 5.73 Å². The Hall–Kier alpha value is -0.470. The van der Waals surface area contributed by atoms with Crippen molar-refractivity contribution in [3.8, 4) is 0 Å². The van der Waals surface area contributed by atoms with Crippen molar-refractivity contribution in [1.29, 1.82) is 0 Å². The fourth-order valence-electron chi connectivity index (χ4n) is 3.15. The Kier molecular flexibility index (Phi) is 4.74. The van der Waals surface area contributed by atoms with Gasteiger partial charge in [0, 0.05) is 17.0 Å². The van der Waals surface area contributed by atoms with Gasteiger partial charge in [-0.1, -0.05) is 30.5 Å². The number of nitrogens with two attached hydrogens (primary N) is 1. The molecule has 1 aliphatic carbocycles. The Morgan fingerprint density at radius 2 is 1.72 bits per heavy atom. The van der Waals surface area contributed by atoms with Gasteiger partial charge in [-0.05, 0) is 50.3 Å². The SMILES string of the molecule is Cc1cc(C)c(C(N)CSC2CCCC2)c(C)c1. The van der Waals surface area contributed by atoms with E-state index in [0.29, 0.717) is 0 Å². The largest absolute Gasteiger partial charge is 0.323 e. The molecule has 1 aromatic carbocycles. The first-order valence-corrected chi connectivity index (χ1v) is 8.07. The Morgan fingerprint density at radius 1 is 1.17 bits per heavy atom. The lowest BCUT2D eigenvalue weighted by Gasteiger charge is -2.19. The van der Waals surface area contributed by atoms with Crippen LogP contribution in [-0.4, -0.2) is 11.0 Å². The monoisotopic (exact) mass is 263 g/mol. The lowest BCUT2D eigenvalue weighted by molar-refractivity contribution is 0.804. The fraction of sp³-hybridized carbons (Fsp3) is 0.625. The van der Waals surface area contributed by atoms with Gasteiger partial charge in [0.1, 0.15) is 0 Å². The van der Waals surface area contributed by atoms with Gasteiger partial charge >= 0.3 is 0 Å². The van der Waals surface area contributed by atoms with Crippen LogP contribution in [0.15, 0.2) is 12.1 Å². The second-order valence-corrected chi connectivity index (χ2v) is 6.99. The minimum atomic E-state index is 0.191. The van der Waals surface area contributed by atoms with Crippen LogP contribution >= 0.6 is 11.8 Å². The molecule has 0 amide bonds. The zero-order valence-electron chi connectivity index (χ0n) is 11.8. The lowest BCUT2D eigenvalue weighted by Crippen LogP contribution is -2.17. The summed E-state index contributed by atoms with van der Waals surface area (Å²) in [7, 11) is 0. The molecule has 0 spiro atoms. The van der Waals surface area contributed by atoms with Gasteiger partial charge in [-0.15, -0.1) is 0 Å². The summed E-state index contributed by atoms with van der Waals surface area (Å²) in [6, 6.07) is 4.70. The normalized spacial score (nSPS) is 18.2. The van der Waals surface area contributed by atoms with Crippen molar-refractivity contribution < 1.29 is 0 Å². The van der Waals surface area contributed by atoms with E-state index in [1.807, 2.05) is 0 Å². The lowest BCUT2D eigenvalue weighted by atomic mass is 9.95. The third-order valence-electron chi connectivity index (χ3n) is 3.92. The average Bonchev–Trinajstić information content (AvgIpc) is 2.77. The van der Waals surface area contributed by atoms with Crippen LogP contribution in [0, 0.1) is 20.8 Å². The smallest absolute Gasteiger partial charge is 0.0392 e. The molecular formula is C16H25NS. The van der Waals surface area contributed by atoms with Crippen molar-refractivity contribution in [2.75, 3.05) is 5.75 Å². The van der Waals surface area contributed by atoms with Crippen LogP contribution in [0.3, 0.4) is 0 Å². The highest BCUT2D eigenvalue weighted by molar-refractivity contribution is 7.99.